The summed E-state index contributed by atoms with van der Waals surface area (Å²) in [6, 6.07) is 5.99. The van der Waals surface area contributed by atoms with Crippen molar-refractivity contribution in [2.24, 2.45) is 5.92 Å². The van der Waals surface area contributed by atoms with Crippen LogP contribution in [0.4, 0.5) is 0 Å². The molecule has 1 aromatic carbocycles. The standard InChI is InChI=1S/C12H14BrClO/c13-12-5-4-11(6-10(12)7-14)15-8-9-2-1-3-9/h4-6,9H,1-3,7-8H2. The van der Waals surface area contributed by atoms with Gasteiger partial charge in [0.25, 0.3) is 0 Å². The second-order valence-electron chi connectivity index (χ2n) is 3.99. The predicted molar refractivity (Wildman–Crippen MR) is 66.5 cm³/mol. The second-order valence-corrected chi connectivity index (χ2v) is 5.12. The molecule has 1 saturated carbocycles. The zero-order chi connectivity index (χ0) is 10.7. The Balaban J connectivity index is 1.95. The highest BCUT2D eigenvalue weighted by molar-refractivity contribution is 9.10. The van der Waals surface area contributed by atoms with Gasteiger partial charge in [-0.1, -0.05) is 22.4 Å². The monoisotopic (exact) mass is 288 g/mol. The van der Waals surface area contributed by atoms with Crippen LogP contribution >= 0.6 is 27.5 Å². The molecule has 0 unspecified atom stereocenters. The van der Waals surface area contributed by atoms with E-state index in [4.69, 9.17) is 16.3 Å². The Morgan fingerprint density at radius 1 is 1.40 bits per heavy atom. The number of hydrogen-bond donors (Lipinski definition) is 0. The van der Waals surface area contributed by atoms with Crippen molar-refractivity contribution in [3.63, 3.8) is 0 Å². The van der Waals surface area contributed by atoms with Crippen LogP contribution in [-0.2, 0) is 5.88 Å². The lowest BCUT2D eigenvalue weighted by molar-refractivity contribution is 0.180. The average molecular weight is 290 g/mol. The van der Waals surface area contributed by atoms with Gasteiger partial charge in [-0.3, -0.25) is 0 Å². The van der Waals surface area contributed by atoms with Crippen molar-refractivity contribution < 1.29 is 4.74 Å². The van der Waals surface area contributed by atoms with E-state index < -0.39 is 0 Å². The highest BCUT2D eigenvalue weighted by Crippen LogP contribution is 2.28. The summed E-state index contributed by atoms with van der Waals surface area (Å²) in [5.41, 5.74) is 1.09. The number of halogens is 2. The van der Waals surface area contributed by atoms with E-state index >= 15 is 0 Å². The topological polar surface area (TPSA) is 9.23 Å². The van der Waals surface area contributed by atoms with Gasteiger partial charge in [-0.2, -0.15) is 0 Å². The summed E-state index contributed by atoms with van der Waals surface area (Å²) in [6.45, 7) is 0.851. The molecule has 0 heterocycles. The normalized spacial score (nSPS) is 16.1. The lowest BCUT2D eigenvalue weighted by Gasteiger charge is -2.25. The van der Waals surface area contributed by atoms with Crippen molar-refractivity contribution >= 4 is 27.5 Å². The molecule has 3 heteroatoms. The van der Waals surface area contributed by atoms with E-state index in [9.17, 15) is 0 Å². The number of alkyl halides is 1. The third-order valence-corrected chi connectivity index (χ3v) is 3.93. The van der Waals surface area contributed by atoms with Crippen molar-refractivity contribution in [3.8, 4) is 5.75 Å². The first kappa shape index (κ1) is 11.3. The highest BCUT2D eigenvalue weighted by Gasteiger charge is 2.17. The maximum absolute atomic E-state index is 5.82. The molecule has 0 N–H and O–H groups in total. The Morgan fingerprint density at radius 3 is 2.80 bits per heavy atom. The van der Waals surface area contributed by atoms with E-state index in [1.165, 1.54) is 19.3 Å². The van der Waals surface area contributed by atoms with E-state index in [1.54, 1.807) is 0 Å². The molecular weight excluding hydrogens is 275 g/mol. The Kier molecular flexibility index (Phi) is 3.92. The minimum absolute atomic E-state index is 0.515. The minimum Gasteiger partial charge on any atom is -0.493 e. The molecule has 0 spiro atoms. The summed E-state index contributed by atoms with van der Waals surface area (Å²) >= 11 is 9.28. The van der Waals surface area contributed by atoms with Gasteiger partial charge in [0.1, 0.15) is 5.75 Å². The van der Waals surface area contributed by atoms with E-state index in [0.717, 1.165) is 28.3 Å². The summed E-state index contributed by atoms with van der Waals surface area (Å²) in [5, 5.41) is 0. The maximum Gasteiger partial charge on any atom is 0.119 e. The molecule has 0 radical (unpaired) electrons. The summed E-state index contributed by atoms with van der Waals surface area (Å²) in [6.07, 6.45) is 4.00. The predicted octanol–water partition coefficient (Wildman–Crippen LogP) is 4.37. The maximum atomic E-state index is 5.82. The number of hydrogen-bond acceptors (Lipinski definition) is 1. The summed E-state index contributed by atoms with van der Waals surface area (Å²) in [4.78, 5) is 0. The summed E-state index contributed by atoms with van der Waals surface area (Å²) in [7, 11) is 0. The van der Waals surface area contributed by atoms with Gasteiger partial charge in [0.15, 0.2) is 0 Å². The van der Waals surface area contributed by atoms with Crippen LogP contribution in [0, 0.1) is 5.92 Å². The van der Waals surface area contributed by atoms with E-state index in [1.807, 2.05) is 18.2 Å². The van der Waals surface area contributed by atoms with Crippen molar-refractivity contribution in [3.05, 3.63) is 28.2 Å². The number of benzene rings is 1. The molecule has 1 nitrogen and oxygen atoms in total. The molecule has 1 aromatic rings. The molecule has 0 bridgehead atoms. The van der Waals surface area contributed by atoms with Crippen molar-refractivity contribution in [2.45, 2.75) is 25.1 Å². The fourth-order valence-electron chi connectivity index (χ4n) is 1.62. The summed E-state index contributed by atoms with van der Waals surface area (Å²) < 4.78 is 6.78. The van der Waals surface area contributed by atoms with Gasteiger partial charge in [0.05, 0.1) is 6.61 Å². The second kappa shape index (κ2) is 5.22. The van der Waals surface area contributed by atoms with E-state index in [0.29, 0.717) is 5.88 Å². The van der Waals surface area contributed by atoms with Crippen LogP contribution in [0.3, 0.4) is 0 Å². The van der Waals surface area contributed by atoms with Gasteiger partial charge in [-0.25, -0.2) is 0 Å². The lowest BCUT2D eigenvalue weighted by Crippen LogP contribution is -2.19. The molecule has 82 valence electrons. The molecule has 0 amide bonds. The van der Waals surface area contributed by atoms with Crippen LogP contribution in [0.1, 0.15) is 24.8 Å². The van der Waals surface area contributed by atoms with Crippen LogP contribution in [0.5, 0.6) is 5.75 Å². The Labute approximate surface area is 104 Å². The lowest BCUT2D eigenvalue weighted by atomic mass is 9.86. The number of rotatable bonds is 4. The van der Waals surface area contributed by atoms with Crippen LogP contribution in [0.2, 0.25) is 0 Å². The quantitative estimate of drug-likeness (QED) is 0.748. The van der Waals surface area contributed by atoms with Gasteiger partial charge < -0.3 is 4.74 Å². The molecule has 0 saturated heterocycles. The first-order valence-electron chi connectivity index (χ1n) is 5.27. The third-order valence-electron chi connectivity index (χ3n) is 2.87. The van der Waals surface area contributed by atoms with E-state index in [-0.39, 0.29) is 0 Å². The van der Waals surface area contributed by atoms with Gasteiger partial charge in [-0.05, 0) is 42.5 Å². The third kappa shape index (κ3) is 2.88. The van der Waals surface area contributed by atoms with E-state index in [2.05, 4.69) is 15.9 Å². The SMILES string of the molecule is ClCc1cc(OCC2CCC2)ccc1Br. The van der Waals surface area contributed by atoms with Gasteiger partial charge in [0.2, 0.25) is 0 Å². The zero-order valence-electron chi connectivity index (χ0n) is 8.51. The highest BCUT2D eigenvalue weighted by atomic mass is 79.9. The zero-order valence-corrected chi connectivity index (χ0v) is 10.9. The molecule has 0 atom stereocenters. The van der Waals surface area contributed by atoms with Crippen LogP contribution in [-0.4, -0.2) is 6.61 Å². The van der Waals surface area contributed by atoms with Crippen molar-refractivity contribution in [1.29, 1.82) is 0 Å². The van der Waals surface area contributed by atoms with Crippen molar-refractivity contribution in [2.75, 3.05) is 6.61 Å². The molecule has 0 aliphatic heterocycles. The molecule has 2 rings (SSSR count). The first-order valence-corrected chi connectivity index (χ1v) is 6.59. The molecule has 0 aromatic heterocycles. The molecular formula is C12H14BrClO. The van der Waals surface area contributed by atoms with Gasteiger partial charge in [-0.15, -0.1) is 11.6 Å². The van der Waals surface area contributed by atoms with Crippen LogP contribution in [0.15, 0.2) is 22.7 Å². The first-order chi connectivity index (χ1) is 7.29. The molecule has 1 aliphatic rings. The Morgan fingerprint density at radius 2 is 2.20 bits per heavy atom. The summed E-state index contributed by atoms with van der Waals surface area (Å²) in [5.74, 6) is 2.22. The fourth-order valence-corrected chi connectivity index (χ4v) is 2.39. The molecule has 15 heavy (non-hydrogen) atoms. The van der Waals surface area contributed by atoms with Crippen LogP contribution in [0.25, 0.3) is 0 Å². The molecule has 1 aliphatic carbocycles. The Hall–Kier alpha value is -0.210. The van der Waals surface area contributed by atoms with Crippen molar-refractivity contribution in [1.82, 2.24) is 0 Å². The smallest absolute Gasteiger partial charge is 0.119 e. The van der Waals surface area contributed by atoms with Gasteiger partial charge >= 0.3 is 0 Å². The Bertz CT molecular complexity index is 336. The average Bonchev–Trinajstić information content (AvgIpc) is 2.18. The fraction of sp³-hybridized carbons (Fsp3) is 0.500. The minimum atomic E-state index is 0.515. The molecule has 1 fully saturated rings. The largest absolute Gasteiger partial charge is 0.493 e. The number of ether oxygens (including phenoxy) is 1. The van der Waals surface area contributed by atoms with Crippen LogP contribution < -0.4 is 4.74 Å². The van der Waals surface area contributed by atoms with Gasteiger partial charge in [0, 0.05) is 10.4 Å².